The summed E-state index contributed by atoms with van der Waals surface area (Å²) < 4.78 is 31.6. The van der Waals surface area contributed by atoms with Crippen LogP contribution in [0.25, 0.3) is 0 Å². The van der Waals surface area contributed by atoms with Gasteiger partial charge < -0.3 is 4.74 Å². The lowest BCUT2D eigenvalue weighted by Crippen LogP contribution is -2.31. The fourth-order valence-electron chi connectivity index (χ4n) is 1.91. The molecule has 0 fully saturated rings. The fourth-order valence-corrected chi connectivity index (χ4v) is 4.73. The number of rotatable bonds is 6. The monoisotopic (exact) mass is 371 g/mol. The Hall–Kier alpha value is -1.83. The molecule has 122 valence electrons. The summed E-state index contributed by atoms with van der Waals surface area (Å²) in [6.45, 7) is 3.61. The second-order valence-corrected chi connectivity index (χ2v) is 7.86. The number of ether oxygens (including phenoxy) is 1. The van der Waals surface area contributed by atoms with Crippen LogP contribution in [0.15, 0.2) is 52.6 Å². The van der Waals surface area contributed by atoms with Gasteiger partial charge in [0.2, 0.25) is 0 Å². The number of nitrogens with zero attached hydrogens (tertiary/aromatic N) is 1. The maximum Gasteiger partial charge on any atom is 0.337 e. The van der Waals surface area contributed by atoms with Crippen LogP contribution in [0.4, 0.5) is 5.69 Å². The molecule has 0 spiro atoms. The van der Waals surface area contributed by atoms with Gasteiger partial charge in [-0.25, -0.2) is 13.2 Å². The van der Waals surface area contributed by atoms with Crippen LogP contribution in [0.3, 0.4) is 0 Å². The molecule has 23 heavy (non-hydrogen) atoms. The first-order valence-corrected chi connectivity index (χ1v) is 9.16. The number of hydrogen-bond donors (Lipinski definition) is 0. The van der Waals surface area contributed by atoms with Gasteiger partial charge in [-0.15, -0.1) is 17.9 Å². The van der Waals surface area contributed by atoms with Crippen molar-refractivity contribution in [3.63, 3.8) is 0 Å². The van der Waals surface area contributed by atoms with Crippen LogP contribution in [0, 0.1) is 0 Å². The van der Waals surface area contributed by atoms with Crippen molar-refractivity contribution >= 4 is 44.6 Å². The molecule has 0 saturated heterocycles. The van der Waals surface area contributed by atoms with Gasteiger partial charge in [0.1, 0.15) is 4.21 Å². The maximum atomic E-state index is 12.8. The molecule has 0 aliphatic rings. The van der Waals surface area contributed by atoms with E-state index in [1.54, 1.807) is 11.4 Å². The molecule has 0 radical (unpaired) electrons. The number of sulfonamides is 1. The van der Waals surface area contributed by atoms with E-state index in [1.807, 2.05) is 0 Å². The van der Waals surface area contributed by atoms with Crippen molar-refractivity contribution in [2.75, 3.05) is 18.0 Å². The highest BCUT2D eigenvalue weighted by atomic mass is 35.5. The van der Waals surface area contributed by atoms with Crippen LogP contribution in [-0.4, -0.2) is 28.0 Å². The second kappa shape index (κ2) is 7.16. The normalized spacial score (nSPS) is 11.0. The van der Waals surface area contributed by atoms with E-state index < -0.39 is 16.0 Å². The number of benzene rings is 1. The zero-order valence-corrected chi connectivity index (χ0v) is 14.6. The molecule has 0 bridgehead atoms. The highest BCUT2D eigenvalue weighted by Gasteiger charge is 2.27. The average molecular weight is 372 g/mol. The topological polar surface area (TPSA) is 63.7 Å². The fraction of sp³-hybridized carbons (Fsp3) is 0.133. The smallest absolute Gasteiger partial charge is 0.337 e. The van der Waals surface area contributed by atoms with Crippen LogP contribution >= 0.6 is 22.9 Å². The van der Waals surface area contributed by atoms with Gasteiger partial charge in [-0.3, -0.25) is 4.31 Å². The maximum absolute atomic E-state index is 12.8. The minimum absolute atomic E-state index is 0.0184. The second-order valence-electron chi connectivity index (χ2n) is 4.41. The van der Waals surface area contributed by atoms with Crippen molar-refractivity contribution < 1.29 is 17.9 Å². The van der Waals surface area contributed by atoms with Gasteiger partial charge >= 0.3 is 5.97 Å². The highest BCUT2D eigenvalue weighted by Crippen LogP contribution is 2.33. The number of esters is 1. The molecule has 0 unspecified atom stereocenters. The lowest BCUT2D eigenvalue weighted by molar-refractivity contribution is 0.0601. The van der Waals surface area contributed by atoms with Crippen molar-refractivity contribution in [3.05, 3.63) is 59.0 Å². The zero-order chi connectivity index (χ0) is 17.0. The molecule has 2 aromatic rings. The summed E-state index contributed by atoms with van der Waals surface area (Å²) in [6, 6.07) is 7.48. The van der Waals surface area contributed by atoms with Crippen molar-refractivity contribution in [2.24, 2.45) is 0 Å². The number of carbonyl (C=O) groups excluding carboxylic acids is 1. The number of methoxy groups -OCH3 is 1. The largest absolute Gasteiger partial charge is 0.465 e. The predicted molar refractivity (Wildman–Crippen MR) is 91.8 cm³/mol. The van der Waals surface area contributed by atoms with E-state index in [0.29, 0.717) is 0 Å². The SMILES string of the molecule is C=CCN(c1cc(C(=O)OC)ccc1Cl)S(=O)(=O)c1cccs1. The Kier molecular flexibility index (Phi) is 5.46. The molecular weight excluding hydrogens is 358 g/mol. The van der Waals surface area contributed by atoms with Gasteiger partial charge in [-0.2, -0.15) is 0 Å². The Labute approximate surface area is 143 Å². The van der Waals surface area contributed by atoms with E-state index in [9.17, 15) is 13.2 Å². The summed E-state index contributed by atoms with van der Waals surface area (Å²) in [5.41, 5.74) is 0.408. The molecule has 1 aromatic carbocycles. The van der Waals surface area contributed by atoms with Crippen LogP contribution in [0.2, 0.25) is 5.02 Å². The molecule has 0 aliphatic heterocycles. The molecule has 0 aliphatic carbocycles. The van der Waals surface area contributed by atoms with E-state index >= 15 is 0 Å². The Morgan fingerprint density at radius 1 is 1.43 bits per heavy atom. The molecule has 5 nitrogen and oxygen atoms in total. The third-order valence-electron chi connectivity index (χ3n) is 2.97. The van der Waals surface area contributed by atoms with Crippen LogP contribution in [0.1, 0.15) is 10.4 Å². The van der Waals surface area contributed by atoms with E-state index in [2.05, 4.69) is 11.3 Å². The number of thiophene rings is 1. The van der Waals surface area contributed by atoms with Crippen molar-refractivity contribution in [2.45, 2.75) is 4.21 Å². The molecule has 0 amide bonds. The Morgan fingerprint density at radius 2 is 2.17 bits per heavy atom. The molecule has 2 rings (SSSR count). The molecular formula is C15H14ClNO4S2. The Bertz CT molecular complexity index is 816. The van der Waals surface area contributed by atoms with E-state index in [-0.39, 0.29) is 27.0 Å². The first kappa shape index (κ1) is 17.5. The number of anilines is 1. The third-order valence-corrected chi connectivity index (χ3v) is 6.44. The van der Waals surface area contributed by atoms with Crippen LogP contribution in [0.5, 0.6) is 0 Å². The molecule has 1 heterocycles. The molecule has 1 aromatic heterocycles. The standard InChI is InChI=1S/C15H14ClNO4S2/c1-3-8-17(23(19,20)14-5-4-9-22-14)13-10-11(15(18)21-2)6-7-12(13)16/h3-7,9-10H,1,8H2,2H3. The molecule has 8 heteroatoms. The van der Waals surface area contributed by atoms with Gasteiger partial charge in [0.15, 0.2) is 0 Å². The van der Waals surface area contributed by atoms with Crippen LogP contribution < -0.4 is 4.31 Å². The quantitative estimate of drug-likeness (QED) is 0.575. The van der Waals surface area contributed by atoms with Crippen molar-refractivity contribution in [1.82, 2.24) is 0 Å². The lowest BCUT2D eigenvalue weighted by atomic mass is 10.2. The van der Waals surface area contributed by atoms with Gasteiger partial charge in [-0.1, -0.05) is 23.7 Å². The zero-order valence-electron chi connectivity index (χ0n) is 12.2. The van der Waals surface area contributed by atoms with Gasteiger partial charge in [0.25, 0.3) is 10.0 Å². The summed E-state index contributed by atoms with van der Waals surface area (Å²) in [5.74, 6) is -0.574. The van der Waals surface area contributed by atoms with Crippen molar-refractivity contribution in [3.8, 4) is 0 Å². The van der Waals surface area contributed by atoms with E-state index in [1.165, 1.54) is 37.5 Å². The summed E-state index contributed by atoms with van der Waals surface area (Å²) >= 11 is 7.25. The average Bonchev–Trinajstić information content (AvgIpc) is 3.08. The Morgan fingerprint density at radius 3 is 2.74 bits per heavy atom. The first-order valence-electron chi connectivity index (χ1n) is 6.47. The van der Waals surface area contributed by atoms with Gasteiger partial charge in [0.05, 0.1) is 29.9 Å². The summed E-state index contributed by atoms with van der Waals surface area (Å²) in [6.07, 6.45) is 1.45. The van der Waals surface area contributed by atoms with Crippen molar-refractivity contribution in [1.29, 1.82) is 0 Å². The summed E-state index contributed by atoms with van der Waals surface area (Å²) in [4.78, 5) is 11.7. The van der Waals surface area contributed by atoms with E-state index in [0.717, 1.165) is 15.6 Å². The summed E-state index contributed by atoms with van der Waals surface area (Å²) in [5, 5.41) is 1.88. The summed E-state index contributed by atoms with van der Waals surface area (Å²) in [7, 11) is -2.55. The Balaban J connectivity index is 2.58. The third kappa shape index (κ3) is 3.57. The number of halogens is 1. The molecule has 0 N–H and O–H groups in total. The van der Waals surface area contributed by atoms with Gasteiger partial charge in [-0.05, 0) is 29.6 Å². The number of carbonyl (C=O) groups is 1. The van der Waals surface area contributed by atoms with Gasteiger partial charge in [0, 0.05) is 0 Å². The first-order chi connectivity index (χ1) is 10.9. The predicted octanol–water partition coefficient (Wildman–Crippen LogP) is 3.57. The lowest BCUT2D eigenvalue weighted by Gasteiger charge is -2.23. The van der Waals surface area contributed by atoms with Crippen LogP contribution in [-0.2, 0) is 14.8 Å². The molecule has 0 atom stereocenters. The number of hydrogen-bond acceptors (Lipinski definition) is 5. The van der Waals surface area contributed by atoms with E-state index in [4.69, 9.17) is 11.6 Å². The molecule has 0 saturated carbocycles. The minimum atomic E-state index is -3.80. The highest BCUT2D eigenvalue weighted by molar-refractivity contribution is 7.94. The minimum Gasteiger partial charge on any atom is -0.465 e.